The highest BCUT2D eigenvalue weighted by molar-refractivity contribution is 5.88. The Morgan fingerprint density at radius 2 is 1.95 bits per heavy atom. The molecule has 198 valence electrons. The summed E-state index contributed by atoms with van der Waals surface area (Å²) in [5.41, 5.74) is 1.63. The predicted octanol–water partition coefficient (Wildman–Crippen LogP) is 4.05. The van der Waals surface area contributed by atoms with E-state index in [0.717, 1.165) is 18.4 Å². The SMILES string of the molecule is COC(=O)N(CC(=O)NC1=CCC(Oc2ccnc3cc(OC)c(OC)cc23)C(F)=C1)CC1=CCCC#C1. The van der Waals surface area contributed by atoms with Crippen LogP contribution in [0.25, 0.3) is 10.9 Å². The number of hydrogen-bond acceptors (Lipinski definition) is 7. The number of nitrogens with zero attached hydrogens (tertiary/aromatic N) is 2. The minimum absolute atomic E-state index is 0.156. The third kappa shape index (κ3) is 6.24. The highest BCUT2D eigenvalue weighted by Gasteiger charge is 2.24. The molecule has 1 aromatic carbocycles. The molecular weight excluding hydrogens is 493 g/mol. The van der Waals surface area contributed by atoms with Crippen LogP contribution in [0.1, 0.15) is 19.3 Å². The number of nitrogens with one attached hydrogen (secondary N) is 1. The number of fused-ring (bicyclic) bond motifs is 1. The van der Waals surface area contributed by atoms with Crippen LogP contribution in [-0.4, -0.2) is 62.4 Å². The number of carbonyl (C=O) groups is 2. The van der Waals surface area contributed by atoms with Gasteiger partial charge in [0.1, 0.15) is 18.1 Å². The Morgan fingerprint density at radius 3 is 2.63 bits per heavy atom. The van der Waals surface area contributed by atoms with Gasteiger partial charge in [-0.05, 0) is 24.6 Å². The van der Waals surface area contributed by atoms with E-state index < -0.39 is 23.9 Å². The Kier molecular flexibility index (Phi) is 8.48. The first kappa shape index (κ1) is 26.5. The van der Waals surface area contributed by atoms with E-state index in [2.05, 4.69) is 22.1 Å². The summed E-state index contributed by atoms with van der Waals surface area (Å²) in [6, 6.07) is 5.09. The Labute approximate surface area is 219 Å². The van der Waals surface area contributed by atoms with Crippen LogP contribution in [0, 0.1) is 11.8 Å². The number of amides is 2. The maximum Gasteiger partial charge on any atom is 0.410 e. The van der Waals surface area contributed by atoms with Gasteiger partial charge in [0.25, 0.3) is 0 Å². The zero-order valence-corrected chi connectivity index (χ0v) is 21.4. The van der Waals surface area contributed by atoms with Crippen molar-refractivity contribution in [2.75, 3.05) is 34.4 Å². The molecule has 2 aliphatic rings. The van der Waals surface area contributed by atoms with Gasteiger partial charge in [-0.1, -0.05) is 24.0 Å². The fourth-order valence-corrected chi connectivity index (χ4v) is 4.09. The molecule has 2 aliphatic carbocycles. The molecule has 38 heavy (non-hydrogen) atoms. The molecule has 4 rings (SSSR count). The number of carbonyl (C=O) groups excluding carboxylic acids is 2. The molecule has 2 aromatic rings. The van der Waals surface area contributed by atoms with Crippen LogP contribution < -0.4 is 19.5 Å². The van der Waals surface area contributed by atoms with E-state index in [1.54, 1.807) is 30.5 Å². The molecule has 1 aromatic heterocycles. The number of pyridine rings is 1. The fourth-order valence-electron chi connectivity index (χ4n) is 4.09. The summed E-state index contributed by atoms with van der Waals surface area (Å²) < 4.78 is 36.5. The number of ether oxygens (including phenoxy) is 4. The summed E-state index contributed by atoms with van der Waals surface area (Å²) in [6.45, 7) is -0.116. The number of halogens is 1. The standard InChI is InChI=1S/C28H28FN3O6/c1-35-25-14-20-22(15-26(25)36-2)30-12-11-23(20)38-24-10-9-19(13-21(24)29)31-27(33)17-32(28(34)37-3)16-18-7-5-4-6-8-18/h7,9,11-15,24H,4-5,10,16-17H2,1-3H3,(H,31,33). The van der Waals surface area contributed by atoms with Gasteiger partial charge in [-0.15, -0.1) is 0 Å². The Bertz CT molecular complexity index is 1390. The summed E-state index contributed by atoms with van der Waals surface area (Å²) in [6.07, 6.45) is 6.56. The lowest BCUT2D eigenvalue weighted by Gasteiger charge is -2.23. The molecule has 2 amide bonds. The molecule has 0 saturated heterocycles. The Hall–Kier alpha value is -4.52. The van der Waals surface area contributed by atoms with Crippen molar-refractivity contribution in [1.29, 1.82) is 0 Å². The van der Waals surface area contributed by atoms with Crippen molar-refractivity contribution in [2.24, 2.45) is 0 Å². The van der Waals surface area contributed by atoms with Crippen molar-refractivity contribution in [3.05, 3.63) is 59.7 Å². The monoisotopic (exact) mass is 521 g/mol. The van der Waals surface area contributed by atoms with E-state index in [1.165, 1.54) is 32.3 Å². The van der Waals surface area contributed by atoms with Gasteiger partial charge in [-0.25, -0.2) is 9.18 Å². The van der Waals surface area contributed by atoms with E-state index in [9.17, 15) is 9.59 Å². The number of aromatic nitrogens is 1. The van der Waals surface area contributed by atoms with Gasteiger partial charge in [0.2, 0.25) is 5.91 Å². The summed E-state index contributed by atoms with van der Waals surface area (Å²) >= 11 is 0. The average molecular weight is 522 g/mol. The van der Waals surface area contributed by atoms with Crippen molar-refractivity contribution < 1.29 is 32.9 Å². The molecule has 1 heterocycles. The predicted molar refractivity (Wildman–Crippen MR) is 138 cm³/mol. The van der Waals surface area contributed by atoms with Gasteiger partial charge < -0.3 is 24.3 Å². The number of methoxy groups -OCH3 is 3. The third-order valence-corrected chi connectivity index (χ3v) is 5.95. The highest BCUT2D eigenvalue weighted by atomic mass is 19.1. The van der Waals surface area contributed by atoms with Crippen LogP contribution in [-0.2, 0) is 9.53 Å². The number of rotatable bonds is 9. The van der Waals surface area contributed by atoms with Crippen LogP contribution in [0.15, 0.2) is 59.7 Å². The van der Waals surface area contributed by atoms with E-state index >= 15 is 4.39 Å². The highest BCUT2D eigenvalue weighted by Crippen LogP contribution is 2.36. The summed E-state index contributed by atoms with van der Waals surface area (Å²) in [5, 5.41) is 3.28. The first-order valence-electron chi connectivity index (χ1n) is 12.0. The first-order valence-corrected chi connectivity index (χ1v) is 12.0. The minimum atomic E-state index is -0.891. The fraction of sp³-hybridized carbons (Fsp3) is 0.321. The lowest BCUT2D eigenvalue weighted by atomic mass is 10.1. The number of allylic oxidation sites excluding steroid dienone is 2. The van der Waals surface area contributed by atoms with Crippen molar-refractivity contribution in [3.63, 3.8) is 0 Å². The van der Waals surface area contributed by atoms with Crippen molar-refractivity contribution in [1.82, 2.24) is 15.2 Å². The molecule has 1 unspecified atom stereocenters. The second kappa shape index (κ2) is 12.1. The zero-order valence-electron chi connectivity index (χ0n) is 21.4. The summed E-state index contributed by atoms with van der Waals surface area (Å²) in [4.78, 5) is 30.4. The maximum absolute atomic E-state index is 15.0. The zero-order chi connectivity index (χ0) is 27.1. The minimum Gasteiger partial charge on any atom is -0.493 e. The number of benzene rings is 1. The molecule has 0 fully saturated rings. The molecule has 9 nitrogen and oxygen atoms in total. The lowest BCUT2D eigenvalue weighted by Crippen LogP contribution is -2.41. The van der Waals surface area contributed by atoms with Gasteiger partial charge in [0, 0.05) is 41.8 Å². The molecule has 0 bridgehead atoms. The maximum atomic E-state index is 15.0. The van der Waals surface area contributed by atoms with Crippen molar-refractivity contribution >= 4 is 22.9 Å². The van der Waals surface area contributed by atoms with Gasteiger partial charge in [-0.3, -0.25) is 14.7 Å². The van der Waals surface area contributed by atoms with Gasteiger partial charge in [0.05, 0.1) is 33.4 Å². The molecule has 0 radical (unpaired) electrons. The lowest BCUT2D eigenvalue weighted by molar-refractivity contribution is -0.121. The van der Waals surface area contributed by atoms with E-state index in [1.807, 2.05) is 6.08 Å². The van der Waals surface area contributed by atoms with Crippen LogP contribution in [0.2, 0.25) is 0 Å². The molecule has 1 atom stereocenters. The molecule has 0 spiro atoms. The second-order valence-electron chi connectivity index (χ2n) is 8.51. The normalized spacial score (nSPS) is 16.2. The smallest absolute Gasteiger partial charge is 0.410 e. The van der Waals surface area contributed by atoms with Crippen LogP contribution in [0.4, 0.5) is 9.18 Å². The van der Waals surface area contributed by atoms with Crippen LogP contribution >= 0.6 is 0 Å². The largest absolute Gasteiger partial charge is 0.493 e. The Morgan fingerprint density at radius 1 is 1.16 bits per heavy atom. The van der Waals surface area contributed by atoms with E-state index in [-0.39, 0.29) is 25.2 Å². The molecule has 0 saturated carbocycles. The van der Waals surface area contributed by atoms with Crippen LogP contribution in [0.5, 0.6) is 17.2 Å². The van der Waals surface area contributed by atoms with Crippen molar-refractivity contribution in [2.45, 2.75) is 25.4 Å². The quantitative estimate of drug-likeness (QED) is 0.497. The third-order valence-electron chi connectivity index (χ3n) is 5.95. The van der Waals surface area contributed by atoms with Crippen LogP contribution in [0.3, 0.4) is 0 Å². The first-order chi connectivity index (χ1) is 18.4. The topological polar surface area (TPSA) is 99.2 Å². The van der Waals surface area contributed by atoms with E-state index in [0.29, 0.717) is 28.2 Å². The molecule has 1 N–H and O–H groups in total. The summed E-state index contributed by atoms with van der Waals surface area (Å²) in [5.74, 6) is 6.34. The Balaban J connectivity index is 1.41. The van der Waals surface area contributed by atoms with Gasteiger partial charge >= 0.3 is 6.09 Å². The van der Waals surface area contributed by atoms with Gasteiger partial charge in [-0.2, -0.15) is 0 Å². The van der Waals surface area contributed by atoms with Crippen molar-refractivity contribution in [3.8, 4) is 29.1 Å². The average Bonchev–Trinajstić information content (AvgIpc) is 2.93. The second-order valence-corrected chi connectivity index (χ2v) is 8.51. The molecular formula is C28H28FN3O6. The van der Waals surface area contributed by atoms with E-state index in [4.69, 9.17) is 18.9 Å². The molecule has 0 aliphatic heterocycles. The number of hydrogen-bond donors (Lipinski definition) is 1. The van der Waals surface area contributed by atoms with Gasteiger partial charge in [0.15, 0.2) is 17.6 Å². The summed E-state index contributed by atoms with van der Waals surface area (Å²) in [7, 11) is 4.30. The molecule has 10 heteroatoms.